The first-order valence-electron chi connectivity index (χ1n) is 10.5. The summed E-state index contributed by atoms with van der Waals surface area (Å²) in [6, 6.07) is 3.98. The van der Waals surface area contributed by atoms with Gasteiger partial charge < -0.3 is 15.1 Å². The molecule has 12 heteroatoms. The van der Waals surface area contributed by atoms with Gasteiger partial charge in [-0.3, -0.25) is 4.79 Å². The fourth-order valence-electron chi connectivity index (χ4n) is 3.83. The summed E-state index contributed by atoms with van der Waals surface area (Å²) in [6.07, 6.45) is 6.21. The normalized spacial score (nSPS) is 18.6. The fourth-order valence-corrected chi connectivity index (χ4v) is 6.48. The van der Waals surface area contributed by atoms with Gasteiger partial charge in [-0.2, -0.15) is 4.31 Å². The summed E-state index contributed by atoms with van der Waals surface area (Å²) in [5.74, 6) is 1.39. The van der Waals surface area contributed by atoms with E-state index < -0.39 is 10.0 Å². The minimum atomic E-state index is -3.64. The lowest BCUT2D eigenvalue weighted by Crippen LogP contribution is -2.48. The van der Waals surface area contributed by atoms with E-state index in [4.69, 9.17) is 0 Å². The van der Waals surface area contributed by atoms with E-state index in [0.29, 0.717) is 26.2 Å². The van der Waals surface area contributed by atoms with Crippen LogP contribution in [0.25, 0.3) is 0 Å². The molecule has 2 aliphatic rings. The maximum atomic E-state index is 12.9. The molecule has 2 fully saturated rings. The van der Waals surface area contributed by atoms with Gasteiger partial charge in [0.1, 0.15) is 0 Å². The predicted octanol–water partition coefficient (Wildman–Crippen LogP) is 1.78. The molecular formula is C19H27N7O3S2. The summed E-state index contributed by atoms with van der Waals surface area (Å²) in [5.41, 5.74) is 0. The van der Waals surface area contributed by atoms with Gasteiger partial charge in [-0.25, -0.2) is 13.4 Å². The fraction of sp³-hybridized carbons (Fsp3) is 0.579. The van der Waals surface area contributed by atoms with Gasteiger partial charge in [0.2, 0.25) is 5.91 Å². The number of nitrogens with one attached hydrogen (secondary N) is 1. The lowest BCUT2D eigenvalue weighted by molar-refractivity contribution is -0.114. The molecule has 4 heterocycles. The molecule has 2 aromatic rings. The lowest BCUT2D eigenvalue weighted by atomic mass is 10.2. The Hall–Kier alpha value is -2.31. The molecule has 168 valence electrons. The van der Waals surface area contributed by atoms with Crippen LogP contribution in [0.3, 0.4) is 0 Å². The van der Waals surface area contributed by atoms with Crippen LogP contribution in [0.1, 0.15) is 32.6 Å². The van der Waals surface area contributed by atoms with Gasteiger partial charge in [0.15, 0.2) is 21.0 Å². The predicted molar refractivity (Wildman–Crippen MR) is 120 cm³/mol. The zero-order valence-corrected chi connectivity index (χ0v) is 19.2. The number of carbonyl (C=O) groups is 1. The van der Waals surface area contributed by atoms with Gasteiger partial charge in [-0.1, -0.05) is 24.2 Å². The van der Waals surface area contributed by atoms with E-state index in [9.17, 15) is 13.2 Å². The molecule has 0 unspecified atom stereocenters. The first-order chi connectivity index (χ1) is 14.9. The number of anilines is 3. The maximum absolute atomic E-state index is 12.9. The monoisotopic (exact) mass is 465 g/mol. The van der Waals surface area contributed by atoms with E-state index in [1.165, 1.54) is 43.1 Å². The van der Waals surface area contributed by atoms with Crippen LogP contribution in [0.2, 0.25) is 0 Å². The van der Waals surface area contributed by atoms with Gasteiger partial charge in [0.05, 0.1) is 6.20 Å². The topological polar surface area (TPSA) is 112 Å². The summed E-state index contributed by atoms with van der Waals surface area (Å²) in [7, 11) is -3.64. The number of aromatic nitrogens is 3. The second-order valence-corrected chi connectivity index (χ2v) is 10.9. The van der Waals surface area contributed by atoms with Crippen molar-refractivity contribution in [3.05, 3.63) is 18.3 Å². The summed E-state index contributed by atoms with van der Waals surface area (Å²) in [4.78, 5) is 19.5. The number of rotatable bonds is 5. The average Bonchev–Trinajstić information content (AvgIpc) is 3.07. The Morgan fingerprint density at radius 2 is 1.52 bits per heavy atom. The molecular weight excluding hydrogens is 438 g/mol. The quantitative estimate of drug-likeness (QED) is 0.711. The number of sulfonamides is 1. The van der Waals surface area contributed by atoms with E-state index >= 15 is 0 Å². The number of thiazole rings is 1. The standard InChI is InChI=1S/C19H27N7O3S2/c1-15(27)21-19-20-14-18(30-19)31(28,29)26-12-10-25(11-13-26)17-7-6-16(22-23-17)24-8-4-2-3-5-9-24/h6-7,14H,2-5,8-13H2,1H3,(H,20,21,27). The average molecular weight is 466 g/mol. The largest absolute Gasteiger partial charge is 0.355 e. The van der Waals surface area contributed by atoms with Gasteiger partial charge in [0.25, 0.3) is 10.0 Å². The molecule has 31 heavy (non-hydrogen) atoms. The molecule has 2 saturated heterocycles. The van der Waals surface area contributed by atoms with Crippen LogP contribution >= 0.6 is 11.3 Å². The zero-order chi connectivity index (χ0) is 21.8. The smallest absolute Gasteiger partial charge is 0.254 e. The molecule has 10 nitrogen and oxygen atoms in total. The van der Waals surface area contributed by atoms with Crippen molar-refractivity contribution in [3.8, 4) is 0 Å². The minimum absolute atomic E-state index is 0.131. The Kier molecular flexibility index (Phi) is 6.68. The third kappa shape index (κ3) is 5.13. The van der Waals surface area contributed by atoms with E-state index in [0.717, 1.165) is 36.1 Å². The molecule has 0 atom stereocenters. The van der Waals surface area contributed by atoms with Crippen molar-refractivity contribution in [2.45, 2.75) is 36.8 Å². The Balaban J connectivity index is 1.36. The molecule has 0 aromatic carbocycles. The van der Waals surface area contributed by atoms with E-state index in [1.807, 2.05) is 12.1 Å². The molecule has 2 aliphatic heterocycles. The first kappa shape index (κ1) is 21.9. The van der Waals surface area contributed by atoms with E-state index in [-0.39, 0.29) is 15.2 Å². The van der Waals surface area contributed by atoms with Gasteiger partial charge >= 0.3 is 0 Å². The van der Waals surface area contributed by atoms with Crippen LogP contribution in [0.5, 0.6) is 0 Å². The van der Waals surface area contributed by atoms with Crippen LogP contribution in [0.4, 0.5) is 16.8 Å². The third-order valence-electron chi connectivity index (χ3n) is 5.49. The van der Waals surface area contributed by atoms with Gasteiger partial charge in [-0.15, -0.1) is 10.2 Å². The highest BCUT2D eigenvalue weighted by Gasteiger charge is 2.31. The van der Waals surface area contributed by atoms with Crippen molar-refractivity contribution in [1.82, 2.24) is 19.5 Å². The Morgan fingerprint density at radius 3 is 2.06 bits per heavy atom. The minimum Gasteiger partial charge on any atom is -0.355 e. The van der Waals surface area contributed by atoms with E-state index in [2.05, 4.69) is 30.3 Å². The summed E-state index contributed by atoms with van der Waals surface area (Å²) < 4.78 is 27.4. The number of carbonyl (C=O) groups excluding carboxylic acids is 1. The van der Waals surface area contributed by atoms with Crippen LogP contribution < -0.4 is 15.1 Å². The van der Waals surface area contributed by atoms with Crippen molar-refractivity contribution in [2.75, 3.05) is 54.4 Å². The van der Waals surface area contributed by atoms with Crippen LogP contribution in [-0.4, -0.2) is 73.1 Å². The molecule has 0 radical (unpaired) electrons. The van der Waals surface area contributed by atoms with Crippen molar-refractivity contribution >= 4 is 44.0 Å². The second-order valence-electron chi connectivity index (χ2n) is 7.71. The van der Waals surface area contributed by atoms with E-state index in [1.54, 1.807) is 0 Å². The van der Waals surface area contributed by atoms with Crippen LogP contribution in [0, 0.1) is 0 Å². The third-order valence-corrected chi connectivity index (χ3v) is 8.74. The number of hydrogen-bond acceptors (Lipinski definition) is 9. The number of amides is 1. The molecule has 1 amide bonds. The first-order valence-corrected chi connectivity index (χ1v) is 12.8. The second kappa shape index (κ2) is 9.45. The molecule has 0 aliphatic carbocycles. The number of nitrogens with zero attached hydrogens (tertiary/aromatic N) is 6. The molecule has 4 rings (SSSR count). The Bertz CT molecular complexity index is 994. The number of piperazine rings is 1. The lowest BCUT2D eigenvalue weighted by Gasteiger charge is -2.34. The van der Waals surface area contributed by atoms with Gasteiger partial charge in [0, 0.05) is 46.2 Å². The molecule has 1 N–H and O–H groups in total. The van der Waals surface area contributed by atoms with Crippen molar-refractivity contribution in [1.29, 1.82) is 0 Å². The zero-order valence-electron chi connectivity index (χ0n) is 17.5. The summed E-state index contributed by atoms with van der Waals surface area (Å²) in [6.45, 7) is 5.18. The maximum Gasteiger partial charge on any atom is 0.254 e. The SMILES string of the molecule is CC(=O)Nc1ncc(S(=O)(=O)N2CCN(c3ccc(N4CCCCCC4)nn3)CC2)s1. The van der Waals surface area contributed by atoms with Crippen LogP contribution in [-0.2, 0) is 14.8 Å². The van der Waals surface area contributed by atoms with Crippen molar-refractivity contribution in [2.24, 2.45) is 0 Å². The highest BCUT2D eigenvalue weighted by molar-refractivity contribution is 7.91. The Morgan fingerprint density at radius 1 is 0.935 bits per heavy atom. The molecule has 2 aromatic heterocycles. The highest BCUT2D eigenvalue weighted by atomic mass is 32.2. The molecule has 0 spiro atoms. The molecule has 0 bridgehead atoms. The van der Waals surface area contributed by atoms with Crippen molar-refractivity contribution < 1.29 is 13.2 Å². The highest BCUT2D eigenvalue weighted by Crippen LogP contribution is 2.27. The number of hydrogen-bond donors (Lipinski definition) is 1. The van der Waals surface area contributed by atoms with Crippen molar-refractivity contribution in [3.63, 3.8) is 0 Å². The Labute approximate surface area is 186 Å². The summed E-state index contributed by atoms with van der Waals surface area (Å²) >= 11 is 0.962. The van der Waals surface area contributed by atoms with Crippen LogP contribution in [0.15, 0.2) is 22.5 Å². The molecule has 0 saturated carbocycles. The van der Waals surface area contributed by atoms with Gasteiger partial charge in [-0.05, 0) is 25.0 Å². The summed E-state index contributed by atoms with van der Waals surface area (Å²) in [5, 5.41) is 11.6.